The second-order valence-corrected chi connectivity index (χ2v) is 8.95. The number of aromatic nitrogens is 1. The third kappa shape index (κ3) is 3.99. The van der Waals surface area contributed by atoms with Gasteiger partial charge in [-0.05, 0) is 81.0 Å². The first-order valence-electron chi connectivity index (χ1n) is 11.3. The summed E-state index contributed by atoms with van der Waals surface area (Å²) >= 11 is 0. The van der Waals surface area contributed by atoms with Crippen molar-refractivity contribution in [1.29, 1.82) is 0 Å². The molecular weight excluding hydrogens is 386 g/mol. The number of anilines is 1. The molecule has 2 fully saturated rings. The molecule has 162 valence electrons. The molecule has 0 spiro atoms. The molecule has 1 aromatic heterocycles. The van der Waals surface area contributed by atoms with E-state index in [0.717, 1.165) is 61.7 Å². The van der Waals surface area contributed by atoms with Crippen molar-refractivity contribution in [1.82, 2.24) is 15.2 Å². The fourth-order valence-corrected chi connectivity index (χ4v) is 5.10. The summed E-state index contributed by atoms with van der Waals surface area (Å²) in [5.74, 6) is 2.95. The Hall–Kier alpha value is -3.02. The number of fused-ring (bicyclic) bond motifs is 1. The maximum absolute atomic E-state index is 5.28. The Morgan fingerprint density at radius 2 is 2.03 bits per heavy atom. The number of benzene rings is 1. The summed E-state index contributed by atoms with van der Waals surface area (Å²) < 4.78 is 5.28. The first-order valence-corrected chi connectivity index (χ1v) is 11.3. The summed E-state index contributed by atoms with van der Waals surface area (Å²) in [5.41, 5.74) is 3.48. The molecule has 2 aromatic rings. The predicted octanol–water partition coefficient (Wildman–Crippen LogP) is 4.17. The van der Waals surface area contributed by atoms with Gasteiger partial charge in [-0.25, -0.2) is 4.99 Å². The number of ether oxygens (including phenoxy) is 1. The molecule has 6 nitrogen and oxygen atoms in total. The molecule has 31 heavy (non-hydrogen) atoms. The number of nitrogens with one attached hydrogen (secondary N) is 2. The van der Waals surface area contributed by atoms with Crippen molar-refractivity contribution < 1.29 is 4.74 Å². The van der Waals surface area contributed by atoms with Crippen LogP contribution in [-0.4, -0.2) is 47.5 Å². The number of hydrogen-bond donors (Lipinski definition) is 2. The summed E-state index contributed by atoms with van der Waals surface area (Å²) in [7, 11) is 1.70. The van der Waals surface area contributed by atoms with Gasteiger partial charge >= 0.3 is 0 Å². The van der Waals surface area contributed by atoms with Crippen LogP contribution in [0.25, 0.3) is 0 Å². The SMILES string of the molecule is COc1ccc(NC2CCCN(C3=C4CCCC4(C)NC(c4ccccn4)=N3)C2)cc1. The minimum atomic E-state index is -0.0275. The summed E-state index contributed by atoms with van der Waals surface area (Å²) in [6.45, 7) is 4.33. The van der Waals surface area contributed by atoms with Gasteiger partial charge in [0.2, 0.25) is 0 Å². The normalized spacial score (nSPS) is 25.5. The lowest BCUT2D eigenvalue weighted by molar-refractivity contribution is 0.258. The molecular formula is C25H31N5O. The Labute approximate surface area is 184 Å². The van der Waals surface area contributed by atoms with E-state index in [2.05, 4.69) is 39.6 Å². The van der Waals surface area contributed by atoms with E-state index in [1.165, 1.54) is 17.8 Å². The largest absolute Gasteiger partial charge is 0.497 e. The highest BCUT2D eigenvalue weighted by molar-refractivity contribution is 5.99. The molecule has 3 heterocycles. The number of methoxy groups -OCH3 is 1. The minimum absolute atomic E-state index is 0.0275. The van der Waals surface area contributed by atoms with Crippen LogP contribution in [0.2, 0.25) is 0 Å². The monoisotopic (exact) mass is 417 g/mol. The molecule has 1 aliphatic carbocycles. The van der Waals surface area contributed by atoms with Crippen LogP contribution in [0.5, 0.6) is 5.75 Å². The number of rotatable bonds is 5. The Balaban J connectivity index is 1.40. The van der Waals surface area contributed by atoms with Gasteiger partial charge in [0.25, 0.3) is 0 Å². The standard InChI is InChI=1S/C25H31N5O/c1-25-14-5-8-21(25)24(28-23(29-25)22-9-3-4-15-26-22)30-16-6-7-19(17-30)27-18-10-12-20(31-2)13-11-18/h3-4,9-13,15,19,27H,5-8,14,16-17H2,1-2H3,(H,28,29). The van der Waals surface area contributed by atoms with Crippen molar-refractivity contribution in [2.45, 2.75) is 50.6 Å². The van der Waals surface area contributed by atoms with Gasteiger partial charge in [-0.15, -0.1) is 0 Å². The summed E-state index contributed by atoms with van der Waals surface area (Å²) in [4.78, 5) is 12.2. The van der Waals surface area contributed by atoms with E-state index >= 15 is 0 Å². The molecule has 6 heteroatoms. The smallest absolute Gasteiger partial charge is 0.155 e. The van der Waals surface area contributed by atoms with E-state index < -0.39 is 0 Å². The number of pyridine rings is 1. The minimum Gasteiger partial charge on any atom is -0.497 e. The van der Waals surface area contributed by atoms with Gasteiger partial charge in [-0.1, -0.05) is 6.07 Å². The first kappa shape index (κ1) is 19.9. The molecule has 2 atom stereocenters. The Bertz CT molecular complexity index is 985. The molecule has 1 saturated heterocycles. The number of likely N-dealkylation sites (tertiary alicyclic amines) is 1. The summed E-state index contributed by atoms with van der Waals surface area (Å²) in [6, 6.07) is 14.6. The van der Waals surface area contributed by atoms with Gasteiger partial charge in [-0.3, -0.25) is 4.98 Å². The van der Waals surface area contributed by atoms with E-state index in [1.54, 1.807) is 7.11 Å². The van der Waals surface area contributed by atoms with Crippen LogP contribution in [0.15, 0.2) is 65.0 Å². The zero-order valence-corrected chi connectivity index (χ0v) is 18.4. The van der Waals surface area contributed by atoms with E-state index in [0.29, 0.717) is 6.04 Å². The van der Waals surface area contributed by atoms with Crippen molar-refractivity contribution in [3.63, 3.8) is 0 Å². The molecule has 1 aromatic carbocycles. The van der Waals surface area contributed by atoms with Gasteiger partial charge < -0.3 is 20.3 Å². The number of aliphatic imine (C=N–C) groups is 1. The second kappa shape index (κ2) is 8.25. The first-order chi connectivity index (χ1) is 15.1. The molecule has 2 unspecified atom stereocenters. The van der Waals surface area contributed by atoms with E-state index in [-0.39, 0.29) is 5.54 Å². The van der Waals surface area contributed by atoms with E-state index in [4.69, 9.17) is 9.73 Å². The Kier molecular flexibility index (Phi) is 5.30. The van der Waals surface area contributed by atoms with Gasteiger partial charge in [-0.2, -0.15) is 0 Å². The van der Waals surface area contributed by atoms with Gasteiger partial charge in [0.1, 0.15) is 17.3 Å². The van der Waals surface area contributed by atoms with Crippen LogP contribution < -0.4 is 15.4 Å². The van der Waals surface area contributed by atoms with Crippen LogP contribution in [0.1, 0.15) is 44.7 Å². The number of piperidine rings is 1. The molecule has 3 aliphatic rings. The summed E-state index contributed by atoms with van der Waals surface area (Å²) in [6.07, 6.45) is 7.62. The zero-order chi connectivity index (χ0) is 21.3. The molecule has 1 saturated carbocycles. The highest BCUT2D eigenvalue weighted by atomic mass is 16.5. The fraction of sp³-hybridized carbons (Fsp3) is 0.440. The van der Waals surface area contributed by atoms with Gasteiger partial charge in [0.05, 0.1) is 12.6 Å². The van der Waals surface area contributed by atoms with E-state index in [1.807, 2.05) is 36.5 Å². The fourth-order valence-electron chi connectivity index (χ4n) is 5.10. The van der Waals surface area contributed by atoms with Crippen molar-refractivity contribution in [3.05, 3.63) is 65.7 Å². The van der Waals surface area contributed by atoms with Crippen molar-refractivity contribution >= 4 is 11.5 Å². The third-order valence-corrected chi connectivity index (χ3v) is 6.74. The Morgan fingerprint density at radius 3 is 2.81 bits per heavy atom. The third-order valence-electron chi connectivity index (χ3n) is 6.74. The van der Waals surface area contributed by atoms with E-state index in [9.17, 15) is 0 Å². The zero-order valence-electron chi connectivity index (χ0n) is 18.4. The molecule has 0 radical (unpaired) electrons. The second-order valence-electron chi connectivity index (χ2n) is 8.95. The van der Waals surface area contributed by atoms with Crippen LogP contribution >= 0.6 is 0 Å². The Morgan fingerprint density at radius 1 is 1.16 bits per heavy atom. The summed E-state index contributed by atoms with van der Waals surface area (Å²) in [5, 5.41) is 7.43. The lowest BCUT2D eigenvalue weighted by Crippen LogP contribution is -2.51. The van der Waals surface area contributed by atoms with Crippen LogP contribution in [0.3, 0.4) is 0 Å². The number of amidine groups is 1. The molecule has 2 aliphatic heterocycles. The highest BCUT2D eigenvalue weighted by Crippen LogP contribution is 2.41. The van der Waals surface area contributed by atoms with Crippen LogP contribution in [-0.2, 0) is 0 Å². The van der Waals surface area contributed by atoms with Crippen molar-refractivity contribution in [2.75, 3.05) is 25.5 Å². The molecule has 0 amide bonds. The maximum atomic E-state index is 5.28. The molecule has 5 rings (SSSR count). The van der Waals surface area contributed by atoms with Crippen LogP contribution in [0, 0.1) is 0 Å². The predicted molar refractivity (Wildman–Crippen MR) is 124 cm³/mol. The van der Waals surface area contributed by atoms with Gasteiger partial charge in [0.15, 0.2) is 5.84 Å². The average Bonchev–Trinajstić information content (AvgIpc) is 3.21. The highest BCUT2D eigenvalue weighted by Gasteiger charge is 2.41. The van der Waals surface area contributed by atoms with Crippen molar-refractivity contribution in [3.8, 4) is 5.75 Å². The number of hydrogen-bond acceptors (Lipinski definition) is 6. The van der Waals surface area contributed by atoms with Gasteiger partial charge in [0, 0.05) is 31.0 Å². The lowest BCUT2D eigenvalue weighted by atomic mass is 9.92. The molecule has 2 N–H and O–H groups in total. The molecule has 0 bridgehead atoms. The van der Waals surface area contributed by atoms with Crippen LogP contribution in [0.4, 0.5) is 5.69 Å². The quantitative estimate of drug-likeness (QED) is 0.765. The maximum Gasteiger partial charge on any atom is 0.155 e. The van der Waals surface area contributed by atoms with Crippen molar-refractivity contribution in [2.24, 2.45) is 4.99 Å². The lowest BCUT2D eigenvalue weighted by Gasteiger charge is -2.41. The topological polar surface area (TPSA) is 61.8 Å². The average molecular weight is 418 g/mol. The number of nitrogens with zero attached hydrogens (tertiary/aromatic N) is 3.